The third-order valence-electron chi connectivity index (χ3n) is 5.31. The number of amides is 1. The van der Waals surface area contributed by atoms with Gasteiger partial charge in [-0.1, -0.05) is 42.0 Å². The van der Waals surface area contributed by atoms with Crippen LogP contribution < -0.4 is 0 Å². The molecule has 2 fully saturated rings. The normalized spacial score (nSPS) is 22.8. The molecule has 5 nitrogen and oxygen atoms in total. The number of carbonyl (C=O) groups is 1. The highest BCUT2D eigenvalue weighted by molar-refractivity contribution is 5.92. The van der Waals surface area contributed by atoms with Crippen LogP contribution in [0.5, 0.6) is 0 Å². The van der Waals surface area contributed by atoms with Gasteiger partial charge in [0, 0.05) is 26.1 Å². The van der Waals surface area contributed by atoms with Crippen LogP contribution in [-0.4, -0.2) is 38.9 Å². The standard InChI is InChI=1S/C17H20N4O/c1-20-11-15(18-19-20)16(22)21-10-14(13-6-3-2-4-7-13)17(12-21)8-5-9-17/h2-4,6-7,11,14H,5,8-10,12H2,1H3. The summed E-state index contributed by atoms with van der Waals surface area (Å²) in [5, 5.41) is 7.85. The number of hydrogen-bond donors (Lipinski definition) is 0. The maximum atomic E-state index is 12.7. The van der Waals surface area contributed by atoms with Gasteiger partial charge in [0.2, 0.25) is 0 Å². The molecule has 2 heterocycles. The van der Waals surface area contributed by atoms with Crippen LogP contribution in [0, 0.1) is 5.41 Å². The monoisotopic (exact) mass is 296 g/mol. The summed E-state index contributed by atoms with van der Waals surface area (Å²) in [5.74, 6) is 0.459. The largest absolute Gasteiger partial charge is 0.336 e. The lowest BCUT2D eigenvalue weighted by Crippen LogP contribution is -2.37. The van der Waals surface area contributed by atoms with Crippen LogP contribution >= 0.6 is 0 Å². The second kappa shape index (κ2) is 4.93. The van der Waals surface area contributed by atoms with Crippen LogP contribution in [0.1, 0.15) is 41.2 Å². The minimum atomic E-state index is 0.0119. The van der Waals surface area contributed by atoms with Crippen LogP contribution in [0.2, 0.25) is 0 Å². The van der Waals surface area contributed by atoms with Crippen molar-refractivity contribution in [2.24, 2.45) is 12.5 Å². The molecule has 114 valence electrons. The fourth-order valence-electron chi connectivity index (χ4n) is 4.01. The van der Waals surface area contributed by atoms with Crippen molar-refractivity contribution in [2.75, 3.05) is 13.1 Å². The zero-order valence-corrected chi connectivity index (χ0v) is 12.8. The third-order valence-corrected chi connectivity index (χ3v) is 5.31. The summed E-state index contributed by atoms with van der Waals surface area (Å²) in [6.45, 7) is 1.64. The molecule has 1 saturated carbocycles. The van der Waals surface area contributed by atoms with Crippen LogP contribution in [0.25, 0.3) is 0 Å². The summed E-state index contributed by atoms with van der Waals surface area (Å²) in [7, 11) is 1.79. The SMILES string of the molecule is Cn1cc(C(=O)N2CC(c3ccccc3)C3(CCC3)C2)nn1. The molecule has 1 atom stereocenters. The van der Waals surface area contributed by atoms with Gasteiger partial charge < -0.3 is 4.90 Å². The van der Waals surface area contributed by atoms with E-state index in [0.717, 1.165) is 13.1 Å². The van der Waals surface area contributed by atoms with E-state index in [1.165, 1.54) is 24.8 Å². The summed E-state index contributed by atoms with van der Waals surface area (Å²) >= 11 is 0. The Kier molecular flexibility index (Phi) is 3.03. The molecule has 1 saturated heterocycles. The molecule has 4 rings (SSSR count). The Labute approximate surface area is 129 Å². The van der Waals surface area contributed by atoms with E-state index < -0.39 is 0 Å². The van der Waals surface area contributed by atoms with Crippen molar-refractivity contribution >= 4 is 5.91 Å². The maximum absolute atomic E-state index is 12.7. The number of hydrogen-bond acceptors (Lipinski definition) is 3. The van der Waals surface area contributed by atoms with Gasteiger partial charge >= 0.3 is 0 Å². The second-order valence-corrected chi connectivity index (χ2v) is 6.64. The topological polar surface area (TPSA) is 51.0 Å². The molecular formula is C17H20N4O. The number of rotatable bonds is 2. The second-order valence-electron chi connectivity index (χ2n) is 6.64. The lowest BCUT2D eigenvalue weighted by Gasteiger charge is -2.43. The maximum Gasteiger partial charge on any atom is 0.276 e. The van der Waals surface area contributed by atoms with E-state index in [1.54, 1.807) is 17.9 Å². The van der Waals surface area contributed by atoms with Crippen molar-refractivity contribution in [3.05, 3.63) is 47.8 Å². The molecule has 0 radical (unpaired) electrons. The molecular weight excluding hydrogens is 276 g/mol. The Morgan fingerprint density at radius 1 is 1.27 bits per heavy atom. The van der Waals surface area contributed by atoms with Crippen LogP contribution in [0.15, 0.2) is 36.5 Å². The lowest BCUT2D eigenvalue weighted by atomic mass is 9.61. The number of aryl methyl sites for hydroxylation is 1. The van der Waals surface area contributed by atoms with Gasteiger partial charge in [0.25, 0.3) is 5.91 Å². The van der Waals surface area contributed by atoms with Gasteiger partial charge in [-0.2, -0.15) is 0 Å². The molecule has 1 aromatic carbocycles. The molecule has 22 heavy (non-hydrogen) atoms. The number of nitrogens with zero attached hydrogens (tertiary/aromatic N) is 4. The number of likely N-dealkylation sites (tertiary alicyclic amines) is 1. The van der Waals surface area contributed by atoms with Crippen molar-refractivity contribution in [1.82, 2.24) is 19.9 Å². The van der Waals surface area contributed by atoms with E-state index in [0.29, 0.717) is 11.6 Å². The highest BCUT2D eigenvalue weighted by Gasteiger charge is 2.52. The number of carbonyl (C=O) groups excluding carboxylic acids is 1. The van der Waals surface area contributed by atoms with E-state index in [2.05, 4.69) is 34.6 Å². The molecule has 2 aliphatic rings. The quantitative estimate of drug-likeness (QED) is 0.854. The molecule has 0 bridgehead atoms. The highest BCUT2D eigenvalue weighted by atomic mass is 16.2. The predicted molar refractivity (Wildman–Crippen MR) is 82.4 cm³/mol. The zero-order chi connectivity index (χ0) is 15.2. The van der Waals surface area contributed by atoms with Gasteiger partial charge in [0.15, 0.2) is 5.69 Å². The van der Waals surface area contributed by atoms with Crippen molar-refractivity contribution < 1.29 is 4.79 Å². The van der Waals surface area contributed by atoms with Crippen LogP contribution in [-0.2, 0) is 7.05 Å². The molecule has 1 unspecified atom stereocenters. The Morgan fingerprint density at radius 2 is 2.05 bits per heavy atom. The van der Waals surface area contributed by atoms with Crippen molar-refractivity contribution in [1.29, 1.82) is 0 Å². The van der Waals surface area contributed by atoms with Gasteiger partial charge in [-0.15, -0.1) is 5.10 Å². The van der Waals surface area contributed by atoms with Crippen LogP contribution in [0.4, 0.5) is 0 Å². The number of aromatic nitrogens is 3. The minimum absolute atomic E-state index is 0.0119. The van der Waals surface area contributed by atoms with Gasteiger partial charge in [-0.25, -0.2) is 0 Å². The summed E-state index contributed by atoms with van der Waals surface area (Å²) in [6, 6.07) is 10.6. The Balaban J connectivity index is 1.61. The summed E-state index contributed by atoms with van der Waals surface area (Å²) in [4.78, 5) is 14.6. The fraction of sp³-hybridized carbons (Fsp3) is 0.471. The first kappa shape index (κ1) is 13.5. The molecule has 1 amide bonds. The van der Waals surface area contributed by atoms with E-state index >= 15 is 0 Å². The Bertz CT molecular complexity index is 690. The average Bonchev–Trinajstić information content (AvgIpc) is 3.11. The zero-order valence-electron chi connectivity index (χ0n) is 12.8. The summed E-state index contributed by atoms with van der Waals surface area (Å²) < 4.78 is 1.58. The summed E-state index contributed by atoms with van der Waals surface area (Å²) in [5.41, 5.74) is 2.08. The average molecular weight is 296 g/mol. The van der Waals surface area contributed by atoms with Gasteiger partial charge in [-0.05, 0) is 23.8 Å². The van der Waals surface area contributed by atoms with Crippen molar-refractivity contribution in [2.45, 2.75) is 25.2 Å². The first-order valence-corrected chi connectivity index (χ1v) is 7.88. The van der Waals surface area contributed by atoms with Gasteiger partial charge in [0.05, 0.1) is 6.20 Å². The van der Waals surface area contributed by atoms with E-state index in [9.17, 15) is 4.79 Å². The van der Waals surface area contributed by atoms with E-state index in [4.69, 9.17) is 0 Å². The molecule has 1 aliphatic carbocycles. The predicted octanol–water partition coefficient (Wildman–Crippen LogP) is 2.22. The molecule has 0 N–H and O–H groups in total. The first-order chi connectivity index (χ1) is 10.7. The molecule has 1 aromatic heterocycles. The Morgan fingerprint density at radius 3 is 2.64 bits per heavy atom. The number of benzene rings is 1. The third kappa shape index (κ3) is 2.03. The van der Waals surface area contributed by atoms with Crippen molar-refractivity contribution in [3.63, 3.8) is 0 Å². The molecule has 1 spiro atoms. The smallest absolute Gasteiger partial charge is 0.276 e. The summed E-state index contributed by atoms with van der Waals surface area (Å²) in [6.07, 6.45) is 5.41. The lowest BCUT2D eigenvalue weighted by molar-refractivity contribution is 0.0720. The molecule has 1 aliphatic heterocycles. The van der Waals surface area contributed by atoms with Crippen molar-refractivity contribution in [3.8, 4) is 0 Å². The molecule has 5 heteroatoms. The van der Waals surface area contributed by atoms with Gasteiger partial charge in [0.1, 0.15) is 0 Å². The Hall–Kier alpha value is -2.17. The van der Waals surface area contributed by atoms with Crippen LogP contribution in [0.3, 0.4) is 0 Å². The minimum Gasteiger partial charge on any atom is -0.336 e. The first-order valence-electron chi connectivity index (χ1n) is 7.88. The highest BCUT2D eigenvalue weighted by Crippen LogP contribution is 2.55. The molecule has 2 aromatic rings. The van der Waals surface area contributed by atoms with E-state index in [-0.39, 0.29) is 11.3 Å². The fourth-order valence-corrected chi connectivity index (χ4v) is 4.01. The van der Waals surface area contributed by atoms with E-state index in [1.807, 2.05) is 11.0 Å². The van der Waals surface area contributed by atoms with Gasteiger partial charge in [-0.3, -0.25) is 9.48 Å².